The number of carboxylic acids is 1. The molecule has 1 unspecified atom stereocenters. The van der Waals surface area contributed by atoms with E-state index in [4.69, 9.17) is 9.84 Å². The van der Waals surface area contributed by atoms with E-state index in [-0.39, 0.29) is 11.7 Å². The lowest BCUT2D eigenvalue weighted by Crippen LogP contribution is -2.08. The van der Waals surface area contributed by atoms with E-state index in [0.29, 0.717) is 5.75 Å². The maximum Gasteiger partial charge on any atom is 0.335 e. The van der Waals surface area contributed by atoms with Crippen molar-refractivity contribution in [2.45, 2.75) is 13.0 Å². The molecule has 0 spiro atoms. The monoisotopic (exact) mass is 270 g/mol. The van der Waals surface area contributed by atoms with Gasteiger partial charge in [-0.2, -0.15) is 0 Å². The summed E-state index contributed by atoms with van der Waals surface area (Å²) >= 11 is 3.29. The van der Waals surface area contributed by atoms with Gasteiger partial charge in [0.25, 0.3) is 0 Å². The molecule has 0 saturated heterocycles. The van der Waals surface area contributed by atoms with Crippen molar-refractivity contribution >= 4 is 21.9 Å². The number of carboxylic acid groups (broad SMARTS) is 1. The Hall–Kier alpha value is -1.29. The van der Waals surface area contributed by atoms with Crippen LogP contribution in [-0.4, -0.2) is 17.2 Å². The molecule has 0 aliphatic rings. The van der Waals surface area contributed by atoms with Gasteiger partial charge in [0.2, 0.25) is 0 Å². The zero-order valence-electron chi connectivity index (χ0n) is 8.24. The van der Waals surface area contributed by atoms with E-state index in [1.165, 1.54) is 12.1 Å². The fraction of sp³-hybridized carbons (Fsp3) is 0.182. The summed E-state index contributed by atoms with van der Waals surface area (Å²) in [6, 6.07) is 4.64. The van der Waals surface area contributed by atoms with Crippen molar-refractivity contribution in [2.24, 2.45) is 0 Å². The van der Waals surface area contributed by atoms with Gasteiger partial charge in [0.1, 0.15) is 11.9 Å². The number of benzene rings is 1. The minimum Gasteiger partial charge on any atom is -0.485 e. The third-order valence-electron chi connectivity index (χ3n) is 1.82. The molecule has 0 aliphatic heterocycles. The Morgan fingerprint density at radius 2 is 2.33 bits per heavy atom. The molecule has 1 N–H and O–H groups in total. The van der Waals surface area contributed by atoms with E-state index in [9.17, 15) is 4.79 Å². The van der Waals surface area contributed by atoms with E-state index >= 15 is 0 Å². The molecule has 1 rings (SSSR count). The second-order valence-corrected chi connectivity index (χ2v) is 3.86. The Balaban J connectivity index is 3.00. The standard InChI is InChI=1S/C11H11BrO3/c1-3-7(2)15-10-6-8(11(13)14)4-5-9(10)12/h3-7H,1H2,2H3,(H,13,14). The van der Waals surface area contributed by atoms with Crippen LogP contribution in [0.15, 0.2) is 35.3 Å². The van der Waals surface area contributed by atoms with Gasteiger partial charge in [-0.15, -0.1) is 0 Å². The van der Waals surface area contributed by atoms with Crippen LogP contribution in [0.4, 0.5) is 0 Å². The van der Waals surface area contributed by atoms with Crippen molar-refractivity contribution in [3.05, 3.63) is 40.9 Å². The van der Waals surface area contributed by atoms with Crippen molar-refractivity contribution in [3.8, 4) is 5.75 Å². The average Bonchev–Trinajstić information content (AvgIpc) is 2.20. The van der Waals surface area contributed by atoms with E-state index in [2.05, 4.69) is 22.5 Å². The number of aromatic carboxylic acids is 1. The second kappa shape index (κ2) is 4.98. The molecule has 15 heavy (non-hydrogen) atoms. The van der Waals surface area contributed by atoms with Crippen LogP contribution < -0.4 is 4.74 Å². The highest BCUT2D eigenvalue weighted by Gasteiger charge is 2.09. The number of rotatable bonds is 4. The first-order chi connectivity index (χ1) is 7.04. The van der Waals surface area contributed by atoms with Crippen LogP contribution in [0.3, 0.4) is 0 Å². The molecule has 0 aromatic heterocycles. The Morgan fingerprint density at radius 1 is 1.67 bits per heavy atom. The Labute approximate surface area is 96.5 Å². The van der Waals surface area contributed by atoms with Crippen LogP contribution >= 0.6 is 15.9 Å². The first-order valence-electron chi connectivity index (χ1n) is 4.36. The van der Waals surface area contributed by atoms with Gasteiger partial charge in [-0.1, -0.05) is 12.7 Å². The van der Waals surface area contributed by atoms with Gasteiger partial charge in [0.15, 0.2) is 0 Å². The van der Waals surface area contributed by atoms with Crippen LogP contribution in [0, 0.1) is 0 Å². The number of hydrogen-bond acceptors (Lipinski definition) is 2. The molecule has 0 saturated carbocycles. The van der Waals surface area contributed by atoms with Gasteiger partial charge < -0.3 is 9.84 Å². The van der Waals surface area contributed by atoms with Crippen LogP contribution in [0.1, 0.15) is 17.3 Å². The lowest BCUT2D eigenvalue weighted by molar-refractivity contribution is 0.0696. The molecular weight excluding hydrogens is 260 g/mol. The fourth-order valence-corrected chi connectivity index (χ4v) is 1.32. The maximum atomic E-state index is 10.7. The van der Waals surface area contributed by atoms with Gasteiger partial charge in [0, 0.05) is 0 Å². The Bertz CT molecular complexity index is 387. The summed E-state index contributed by atoms with van der Waals surface area (Å²) in [5.74, 6) is -0.471. The SMILES string of the molecule is C=CC(C)Oc1cc(C(=O)O)ccc1Br. The molecule has 4 heteroatoms. The number of carbonyl (C=O) groups is 1. The molecule has 0 heterocycles. The van der Waals surface area contributed by atoms with Crippen molar-refractivity contribution in [1.82, 2.24) is 0 Å². The lowest BCUT2D eigenvalue weighted by Gasteiger charge is -2.12. The summed E-state index contributed by atoms with van der Waals surface area (Å²) in [4.78, 5) is 10.7. The molecule has 0 aliphatic carbocycles. The molecule has 0 amide bonds. The predicted molar refractivity (Wildman–Crippen MR) is 61.4 cm³/mol. The van der Waals surface area contributed by atoms with Gasteiger partial charge in [-0.25, -0.2) is 4.79 Å². The van der Waals surface area contributed by atoms with Crippen molar-refractivity contribution in [3.63, 3.8) is 0 Å². The topological polar surface area (TPSA) is 46.5 Å². The Kier molecular flexibility index (Phi) is 3.91. The van der Waals surface area contributed by atoms with Gasteiger partial charge in [-0.05, 0) is 41.1 Å². The highest BCUT2D eigenvalue weighted by Crippen LogP contribution is 2.27. The van der Waals surface area contributed by atoms with Gasteiger partial charge in [-0.3, -0.25) is 0 Å². The number of ether oxygens (including phenoxy) is 1. The molecule has 1 aromatic carbocycles. The zero-order chi connectivity index (χ0) is 11.4. The average molecular weight is 271 g/mol. The van der Waals surface area contributed by atoms with Crippen LogP contribution in [0.2, 0.25) is 0 Å². The quantitative estimate of drug-likeness (QED) is 0.856. The minimum atomic E-state index is -0.974. The normalized spacial score (nSPS) is 11.9. The van der Waals surface area contributed by atoms with Crippen molar-refractivity contribution in [2.75, 3.05) is 0 Å². The van der Waals surface area contributed by atoms with E-state index in [1.54, 1.807) is 12.1 Å². The lowest BCUT2D eigenvalue weighted by atomic mass is 10.2. The van der Waals surface area contributed by atoms with E-state index < -0.39 is 5.97 Å². The second-order valence-electron chi connectivity index (χ2n) is 3.01. The molecule has 0 bridgehead atoms. The molecule has 80 valence electrons. The maximum absolute atomic E-state index is 10.7. The largest absolute Gasteiger partial charge is 0.485 e. The molecular formula is C11H11BrO3. The third kappa shape index (κ3) is 3.09. The van der Waals surface area contributed by atoms with E-state index in [1.807, 2.05) is 6.92 Å². The van der Waals surface area contributed by atoms with E-state index in [0.717, 1.165) is 4.47 Å². The van der Waals surface area contributed by atoms with Crippen LogP contribution in [0.25, 0.3) is 0 Å². The smallest absolute Gasteiger partial charge is 0.335 e. The van der Waals surface area contributed by atoms with Crippen molar-refractivity contribution < 1.29 is 14.6 Å². The number of hydrogen-bond donors (Lipinski definition) is 1. The van der Waals surface area contributed by atoms with Gasteiger partial charge >= 0.3 is 5.97 Å². The number of halogens is 1. The third-order valence-corrected chi connectivity index (χ3v) is 2.48. The highest BCUT2D eigenvalue weighted by molar-refractivity contribution is 9.10. The predicted octanol–water partition coefficient (Wildman–Crippen LogP) is 3.10. The minimum absolute atomic E-state index is 0.162. The summed E-state index contributed by atoms with van der Waals surface area (Å²) in [7, 11) is 0. The first kappa shape index (κ1) is 11.8. The summed E-state index contributed by atoms with van der Waals surface area (Å²) < 4.78 is 6.18. The summed E-state index contributed by atoms with van der Waals surface area (Å²) in [5.41, 5.74) is 0.199. The first-order valence-corrected chi connectivity index (χ1v) is 5.16. The fourth-order valence-electron chi connectivity index (χ4n) is 0.975. The zero-order valence-corrected chi connectivity index (χ0v) is 9.82. The summed E-state index contributed by atoms with van der Waals surface area (Å²) in [6.07, 6.45) is 1.48. The van der Waals surface area contributed by atoms with Crippen LogP contribution in [-0.2, 0) is 0 Å². The molecule has 0 fully saturated rings. The molecule has 3 nitrogen and oxygen atoms in total. The van der Waals surface area contributed by atoms with Gasteiger partial charge in [0.05, 0.1) is 10.0 Å². The van der Waals surface area contributed by atoms with Crippen molar-refractivity contribution in [1.29, 1.82) is 0 Å². The molecule has 1 aromatic rings. The Morgan fingerprint density at radius 3 is 2.87 bits per heavy atom. The van der Waals surface area contributed by atoms with Crippen LogP contribution in [0.5, 0.6) is 5.75 Å². The summed E-state index contributed by atoms with van der Waals surface area (Å²) in [5, 5.41) is 8.80. The summed E-state index contributed by atoms with van der Waals surface area (Å²) in [6.45, 7) is 5.41. The molecule has 0 radical (unpaired) electrons. The molecule has 1 atom stereocenters. The highest BCUT2D eigenvalue weighted by atomic mass is 79.9.